The number of rotatable bonds is 5. The van der Waals surface area contributed by atoms with Crippen LogP contribution in [0, 0.1) is 5.92 Å². The van der Waals surface area contributed by atoms with Crippen molar-refractivity contribution in [1.29, 1.82) is 0 Å². The Labute approximate surface area is 143 Å². The molecule has 2 amide bonds. The van der Waals surface area contributed by atoms with E-state index in [2.05, 4.69) is 15.9 Å². The number of carbonyl (C=O) groups is 3. The normalized spacial score (nSPS) is 17.7. The number of aliphatic carboxylic acids is 1. The summed E-state index contributed by atoms with van der Waals surface area (Å²) in [6.45, 7) is 3.53. The maximum Gasteiger partial charge on any atom is 0.323 e. The van der Waals surface area contributed by atoms with Gasteiger partial charge in [0.1, 0.15) is 12.5 Å². The number of nitrogens with zero attached hydrogens (tertiary/aromatic N) is 2. The first-order chi connectivity index (χ1) is 10.8. The first-order valence-electron chi connectivity index (χ1n) is 7.41. The summed E-state index contributed by atoms with van der Waals surface area (Å²) in [5, 5.41) is 8.96. The fraction of sp³-hybridized carbons (Fsp3) is 0.438. The number of hydrogen-bond acceptors (Lipinski definition) is 3. The van der Waals surface area contributed by atoms with Crippen molar-refractivity contribution in [2.75, 3.05) is 18.0 Å². The van der Waals surface area contributed by atoms with Crippen LogP contribution in [0.1, 0.15) is 20.3 Å². The summed E-state index contributed by atoms with van der Waals surface area (Å²) in [4.78, 5) is 39.0. The van der Waals surface area contributed by atoms with E-state index in [9.17, 15) is 14.4 Å². The average molecular weight is 383 g/mol. The third kappa shape index (κ3) is 3.72. The van der Waals surface area contributed by atoms with Crippen LogP contribution in [0.3, 0.4) is 0 Å². The van der Waals surface area contributed by atoms with Gasteiger partial charge in [-0.05, 0) is 48.3 Å². The monoisotopic (exact) mass is 382 g/mol. The maximum absolute atomic E-state index is 12.6. The van der Waals surface area contributed by atoms with Crippen LogP contribution in [-0.4, -0.2) is 46.9 Å². The van der Waals surface area contributed by atoms with E-state index in [1.165, 1.54) is 4.90 Å². The quantitative estimate of drug-likeness (QED) is 0.791. The van der Waals surface area contributed by atoms with E-state index < -0.39 is 24.3 Å². The number of hydrogen-bond donors (Lipinski definition) is 1. The van der Waals surface area contributed by atoms with Gasteiger partial charge in [0.15, 0.2) is 0 Å². The largest absolute Gasteiger partial charge is 0.480 e. The Hall–Kier alpha value is -1.89. The highest BCUT2D eigenvalue weighted by atomic mass is 79.9. The fourth-order valence-corrected chi connectivity index (χ4v) is 3.18. The van der Waals surface area contributed by atoms with E-state index in [0.717, 1.165) is 10.2 Å². The number of benzene rings is 1. The highest BCUT2D eigenvalue weighted by Gasteiger charge is 2.41. The molecule has 0 aliphatic carbocycles. The lowest BCUT2D eigenvalue weighted by molar-refractivity contribution is -0.149. The second-order valence-electron chi connectivity index (χ2n) is 5.74. The number of halogens is 1. The van der Waals surface area contributed by atoms with Crippen molar-refractivity contribution in [1.82, 2.24) is 4.90 Å². The van der Waals surface area contributed by atoms with E-state index in [-0.39, 0.29) is 11.9 Å². The molecular formula is C16H19BrN2O4. The molecule has 1 aliphatic heterocycles. The van der Waals surface area contributed by atoms with Crippen molar-refractivity contribution >= 4 is 39.4 Å². The Balaban J connectivity index is 2.19. The van der Waals surface area contributed by atoms with Gasteiger partial charge in [0.05, 0.1) is 5.69 Å². The third-order valence-electron chi connectivity index (χ3n) is 3.86. The molecule has 0 spiro atoms. The number of carboxylic acid groups (broad SMARTS) is 1. The van der Waals surface area contributed by atoms with Gasteiger partial charge in [-0.15, -0.1) is 0 Å². The molecule has 0 radical (unpaired) electrons. The van der Waals surface area contributed by atoms with E-state index >= 15 is 0 Å². The Morgan fingerprint density at radius 2 is 2.04 bits per heavy atom. The molecule has 6 nitrogen and oxygen atoms in total. The van der Waals surface area contributed by atoms with Gasteiger partial charge in [0.25, 0.3) is 0 Å². The summed E-state index contributed by atoms with van der Waals surface area (Å²) in [7, 11) is 0. The second kappa shape index (κ2) is 7.12. The van der Waals surface area contributed by atoms with Gasteiger partial charge in [-0.25, -0.2) is 0 Å². The molecule has 1 aromatic carbocycles. The predicted octanol–water partition coefficient (Wildman–Crippen LogP) is 2.12. The minimum atomic E-state index is -1.08. The van der Waals surface area contributed by atoms with Crippen molar-refractivity contribution in [2.45, 2.75) is 26.3 Å². The van der Waals surface area contributed by atoms with E-state index in [0.29, 0.717) is 13.0 Å². The van der Waals surface area contributed by atoms with Gasteiger partial charge in [-0.1, -0.05) is 12.1 Å². The standard InChI is InChI=1S/C16H19BrN2O4/c1-10(2)19(9-14(20)21)16(23)11-7-8-18(15(11)22)13-6-4-3-5-12(13)17/h3-6,10-11H,7-9H2,1-2H3,(H,20,21). The fourth-order valence-electron chi connectivity index (χ4n) is 2.68. The Kier molecular flexibility index (Phi) is 5.41. The zero-order valence-electron chi connectivity index (χ0n) is 13.0. The predicted molar refractivity (Wildman–Crippen MR) is 89.1 cm³/mol. The first kappa shape index (κ1) is 17.5. The number of anilines is 1. The summed E-state index contributed by atoms with van der Waals surface area (Å²) in [5.74, 6) is -2.59. The Morgan fingerprint density at radius 3 is 2.61 bits per heavy atom. The molecule has 1 unspecified atom stereocenters. The zero-order chi connectivity index (χ0) is 17.1. The molecule has 1 atom stereocenters. The molecule has 1 fully saturated rings. The van der Waals surface area contributed by atoms with E-state index in [4.69, 9.17) is 5.11 Å². The summed E-state index contributed by atoms with van der Waals surface area (Å²) < 4.78 is 0.785. The van der Waals surface area contributed by atoms with Gasteiger partial charge in [-0.3, -0.25) is 14.4 Å². The molecule has 0 aromatic heterocycles. The van der Waals surface area contributed by atoms with Crippen LogP contribution >= 0.6 is 15.9 Å². The molecule has 1 saturated heterocycles. The summed E-state index contributed by atoms with van der Waals surface area (Å²) in [6, 6.07) is 7.05. The van der Waals surface area contributed by atoms with E-state index in [1.54, 1.807) is 18.7 Å². The van der Waals surface area contributed by atoms with Gasteiger partial charge >= 0.3 is 5.97 Å². The van der Waals surface area contributed by atoms with Crippen LogP contribution in [0.4, 0.5) is 5.69 Å². The van der Waals surface area contributed by atoms with Crippen LogP contribution in [0.25, 0.3) is 0 Å². The Bertz CT molecular complexity index is 632. The number of amides is 2. The highest BCUT2D eigenvalue weighted by Crippen LogP contribution is 2.32. The third-order valence-corrected chi connectivity index (χ3v) is 4.53. The van der Waals surface area contributed by atoms with Crippen LogP contribution in [0.15, 0.2) is 28.7 Å². The molecule has 1 aliphatic rings. The van der Waals surface area contributed by atoms with Crippen molar-refractivity contribution in [3.63, 3.8) is 0 Å². The minimum absolute atomic E-state index is 0.274. The van der Waals surface area contributed by atoms with Crippen LogP contribution < -0.4 is 4.90 Å². The van der Waals surface area contributed by atoms with E-state index in [1.807, 2.05) is 24.3 Å². The van der Waals surface area contributed by atoms with Crippen molar-refractivity contribution < 1.29 is 19.5 Å². The highest BCUT2D eigenvalue weighted by molar-refractivity contribution is 9.10. The van der Waals surface area contributed by atoms with Gasteiger partial charge < -0.3 is 14.9 Å². The smallest absolute Gasteiger partial charge is 0.323 e. The number of carbonyl (C=O) groups excluding carboxylic acids is 2. The summed E-state index contributed by atoms with van der Waals surface area (Å²) in [5.41, 5.74) is 0.724. The number of para-hydroxylation sites is 1. The molecule has 0 bridgehead atoms. The lowest BCUT2D eigenvalue weighted by atomic mass is 10.1. The van der Waals surface area contributed by atoms with Gasteiger partial charge in [0.2, 0.25) is 11.8 Å². The van der Waals surface area contributed by atoms with Crippen LogP contribution in [-0.2, 0) is 14.4 Å². The molecule has 1 aromatic rings. The molecule has 1 N–H and O–H groups in total. The first-order valence-corrected chi connectivity index (χ1v) is 8.20. The van der Waals surface area contributed by atoms with Crippen LogP contribution in [0.2, 0.25) is 0 Å². The minimum Gasteiger partial charge on any atom is -0.480 e. The molecule has 1 heterocycles. The Morgan fingerprint density at radius 1 is 1.39 bits per heavy atom. The molecule has 23 heavy (non-hydrogen) atoms. The van der Waals surface area contributed by atoms with Gasteiger partial charge in [0, 0.05) is 17.1 Å². The SMILES string of the molecule is CC(C)N(CC(=O)O)C(=O)C1CCN(c2ccccc2Br)C1=O. The maximum atomic E-state index is 12.6. The van der Waals surface area contributed by atoms with Crippen molar-refractivity contribution in [2.24, 2.45) is 5.92 Å². The van der Waals surface area contributed by atoms with Crippen molar-refractivity contribution in [3.05, 3.63) is 28.7 Å². The van der Waals surface area contributed by atoms with Crippen molar-refractivity contribution in [3.8, 4) is 0 Å². The lowest BCUT2D eigenvalue weighted by Crippen LogP contribution is -2.46. The average Bonchev–Trinajstić information content (AvgIpc) is 2.86. The van der Waals surface area contributed by atoms with Gasteiger partial charge in [-0.2, -0.15) is 0 Å². The lowest BCUT2D eigenvalue weighted by Gasteiger charge is -2.27. The summed E-state index contributed by atoms with van der Waals surface area (Å²) in [6.07, 6.45) is 0.391. The molecule has 2 rings (SSSR count). The summed E-state index contributed by atoms with van der Waals surface area (Å²) >= 11 is 3.41. The zero-order valence-corrected chi connectivity index (χ0v) is 14.6. The number of carboxylic acids is 1. The molecular weight excluding hydrogens is 364 g/mol. The molecule has 0 saturated carbocycles. The topological polar surface area (TPSA) is 77.9 Å². The second-order valence-corrected chi connectivity index (χ2v) is 6.59. The molecule has 7 heteroatoms. The molecule has 124 valence electrons. The van der Waals surface area contributed by atoms with Crippen LogP contribution in [0.5, 0.6) is 0 Å².